The summed E-state index contributed by atoms with van der Waals surface area (Å²) in [5.41, 5.74) is -0.854. The highest BCUT2D eigenvalue weighted by molar-refractivity contribution is 7.91. The third-order valence-electron chi connectivity index (χ3n) is 3.16. The van der Waals surface area contributed by atoms with Crippen LogP contribution in [0.3, 0.4) is 0 Å². The highest BCUT2D eigenvalue weighted by Gasteiger charge is 2.35. The van der Waals surface area contributed by atoms with Gasteiger partial charge >= 0.3 is 6.18 Å². The van der Waals surface area contributed by atoms with E-state index in [-0.39, 0.29) is 23.7 Å². The van der Waals surface area contributed by atoms with Crippen LogP contribution in [0.4, 0.5) is 13.2 Å². The molecule has 1 aliphatic rings. The number of carbonyl (C=O) groups is 1. The van der Waals surface area contributed by atoms with Gasteiger partial charge < -0.3 is 5.32 Å². The summed E-state index contributed by atoms with van der Waals surface area (Å²) in [5, 5.41) is 5.83. The second-order valence-corrected chi connectivity index (χ2v) is 7.22. The maximum absolute atomic E-state index is 12.5. The molecule has 1 amide bonds. The second-order valence-electron chi connectivity index (χ2n) is 4.99. The number of sulfone groups is 1. The van der Waals surface area contributed by atoms with Gasteiger partial charge in [0.05, 0.1) is 11.5 Å². The monoisotopic (exact) mass is 325 g/mol. The van der Waals surface area contributed by atoms with Gasteiger partial charge in [-0.1, -0.05) is 0 Å². The van der Waals surface area contributed by atoms with Crippen LogP contribution in [-0.4, -0.2) is 41.7 Å². The number of aryl methyl sites for hydroxylation is 1. The van der Waals surface area contributed by atoms with Crippen molar-refractivity contribution in [1.29, 1.82) is 0 Å². The molecule has 0 bridgehead atoms. The number of nitrogens with one attached hydrogen (secondary N) is 1. The highest BCUT2D eigenvalue weighted by atomic mass is 32.2. The molecule has 0 saturated carbocycles. The van der Waals surface area contributed by atoms with Crippen molar-refractivity contribution in [3.8, 4) is 0 Å². The van der Waals surface area contributed by atoms with E-state index in [4.69, 9.17) is 0 Å². The zero-order valence-electron chi connectivity index (χ0n) is 11.1. The van der Waals surface area contributed by atoms with Crippen molar-refractivity contribution in [3.05, 3.63) is 17.5 Å². The van der Waals surface area contributed by atoms with E-state index in [0.717, 1.165) is 10.7 Å². The molecule has 1 N–H and O–H groups in total. The van der Waals surface area contributed by atoms with Gasteiger partial charge in [-0.15, -0.1) is 0 Å². The molecule has 0 spiro atoms. The van der Waals surface area contributed by atoms with Crippen molar-refractivity contribution < 1.29 is 26.4 Å². The van der Waals surface area contributed by atoms with Gasteiger partial charge in [-0.25, -0.2) is 8.42 Å². The summed E-state index contributed by atoms with van der Waals surface area (Å²) in [5.74, 6) is -0.682. The minimum Gasteiger partial charge on any atom is -0.351 e. The van der Waals surface area contributed by atoms with Gasteiger partial charge in [0.25, 0.3) is 0 Å². The Hall–Kier alpha value is -1.58. The molecule has 1 atom stereocenters. The van der Waals surface area contributed by atoms with Crippen molar-refractivity contribution in [2.24, 2.45) is 0 Å². The molecule has 2 rings (SSSR count). The van der Waals surface area contributed by atoms with Gasteiger partial charge in [-0.3, -0.25) is 9.48 Å². The molecule has 118 valence electrons. The number of amides is 1. The summed E-state index contributed by atoms with van der Waals surface area (Å²) >= 11 is 0. The molecule has 10 heteroatoms. The van der Waals surface area contributed by atoms with Gasteiger partial charge in [0.15, 0.2) is 15.5 Å². The van der Waals surface area contributed by atoms with Crippen LogP contribution in [0.15, 0.2) is 6.07 Å². The van der Waals surface area contributed by atoms with Crippen molar-refractivity contribution in [3.63, 3.8) is 0 Å². The Morgan fingerprint density at radius 3 is 2.67 bits per heavy atom. The zero-order chi connectivity index (χ0) is 15.8. The Labute approximate surface area is 119 Å². The first-order valence-electron chi connectivity index (χ1n) is 6.18. The lowest BCUT2D eigenvalue weighted by atomic mass is 10.2. The molecular weight excluding hydrogens is 311 g/mol. The summed E-state index contributed by atoms with van der Waals surface area (Å²) in [6.45, 7) is 1.04. The van der Waals surface area contributed by atoms with E-state index in [2.05, 4.69) is 10.4 Å². The summed E-state index contributed by atoms with van der Waals surface area (Å²) in [6.07, 6.45) is -4.24. The minimum atomic E-state index is -4.56. The number of nitrogens with zero attached hydrogens (tertiary/aromatic N) is 2. The molecule has 1 aromatic rings. The van der Waals surface area contributed by atoms with E-state index in [1.54, 1.807) is 0 Å². The van der Waals surface area contributed by atoms with E-state index in [0.29, 0.717) is 6.42 Å². The van der Waals surface area contributed by atoms with Crippen LogP contribution in [-0.2, 0) is 27.4 Å². The predicted molar refractivity (Wildman–Crippen MR) is 67.2 cm³/mol. The van der Waals surface area contributed by atoms with Crippen LogP contribution in [0.25, 0.3) is 0 Å². The van der Waals surface area contributed by atoms with Gasteiger partial charge in [0.1, 0.15) is 6.54 Å². The quantitative estimate of drug-likeness (QED) is 0.878. The summed E-state index contributed by atoms with van der Waals surface area (Å²) < 4.78 is 60.9. The highest BCUT2D eigenvalue weighted by Crippen LogP contribution is 2.28. The molecule has 1 aromatic heterocycles. The summed E-state index contributed by atoms with van der Waals surface area (Å²) in [6, 6.07) is 0.369. The molecule has 2 heterocycles. The summed E-state index contributed by atoms with van der Waals surface area (Å²) in [7, 11) is -3.12. The topological polar surface area (TPSA) is 81.1 Å². The Balaban J connectivity index is 1.99. The Kier molecular flexibility index (Phi) is 4.00. The van der Waals surface area contributed by atoms with Gasteiger partial charge in [0, 0.05) is 11.7 Å². The lowest BCUT2D eigenvalue weighted by Crippen LogP contribution is -2.38. The standard InChI is InChI=1S/C11H14F3N3O3S/c1-7-4-9(11(12,13)14)16-17(7)5-10(18)15-8-2-3-21(19,20)6-8/h4,8H,2-3,5-6H2,1H3,(H,15,18)/t8-/m1/s1. The van der Waals surface area contributed by atoms with Crippen molar-refractivity contribution in [2.45, 2.75) is 32.1 Å². The lowest BCUT2D eigenvalue weighted by molar-refractivity contribution is -0.141. The van der Waals surface area contributed by atoms with Gasteiger partial charge in [-0.05, 0) is 19.4 Å². The number of hydrogen-bond acceptors (Lipinski definition) is 4. The maximum Gasteiger partial charge on any atom is 0.435 e. The van der Waals surface area contributed by atoms with Crippen LogP contribution >= 0.6 is 0 Å². The second kappa shape index (κ2) is 5.32. The number of aromatic nitrogens is 2. The number of hydrogen-bond donors (Lipinski definition) is 1. The van der Waals surface area contributed by atoms with Crippen LogP contribution in [0.5, 0.6) is 0 Å². The fourth-order valence-electron chi connectivity index (χ4n) is 2.13. The minimum absolute atomic E-state index is 0.0109. The molecule has 1 fully saturated rings. The van der Waals surface area contributed by atoms with Gasteiger partial charge in [0.2, 0.25) is 5.91 Å². The zero-order valence-corrected chi connectivity index (χ0v) is 12.0. The number of rotatable bonds is 3. The average Bonchev–Trinajstić information content (AvgIpc) is 2.82. The third kappa shape index (κ3) is 3.96. The van der Waals surface area contributed by atoms with Crippen LogP contribution in [0.2, 0.25) is 0 Å². The number of carbonyl (C=O) groups excluding carboxylic acids is 1. The Bertz CT molecular complexity index is 651. The first kappa shape index (κ1) is 15.8. The summed E-state index contributed by atoms with van der Waals surface area (Å²) in [4.78, 5) is 11.7. The average molecular weight is 325 g/mol. The van der Waals surface area contributed by atoms with Crippen molar-refractivity contribution in [2.75, 3.05) is 11.5 Å². The normalized spacial score (nSPS) is 21.4. The Morgan fingerprint density at radius 2 is 2.19 bits per heavy atom. The fraction of sp³-hybridized carbons (Fsp3) is 0.636. The van der Waals surface area contributed by atoms with Crippen LogP contribution in [0.1, 0.15) is 17.8 Å². The van der Waals surface area contributed by atoms with Gasteiger partial charge in [-0.2, -0.15) is 18.3 Å². The third-order valence-corrected chi connectivity index (χ3v) is 4.93. The lowest BCUT2D eigenvalue weighted by Gasteiger charge is -2.11. The fourth-order valence-corrected chi connectivity index (χ4v) is 3.80. The van der Waals surface area contributed by atoms with E-state index in [1.165, 1.54) is 6.92 Å². The molecule has 0 radical (unpaired) electrons. The first-order chi connectivity index (χ1) is 9.57. The SMILES string of the molecule is Cc1cc(C(F)(F)F)nn1CC(=O)N[C@@H]1CCS(=O)(=O)C1. The molecule has 21 heavy (non-hydrogen) atoms. The molecule has 6 nitrogen and oxygen atoms in total. The van der Waals surface area contributed by atoms with E-state index in [9.17, 15) is 26.4 Å². The van der Waals surface area contributed by atoms with Crippen molar-refractivity contribution >= 4 is 15.7 Å². The van der Waals surface area contributed by atoms with Crippen LogP contribution in [0, 0.1) is 6.92 Å². The predicted octanol–water partition coefficient (Wildman–Crippen LogP) is 0.514. The number of halogens is 3. The van der Waals surface area contributed by atoms with E-state index < -0.39 is 33.7 Å². The molecule has 0 aliphatic carbocycles. The maximum atomic E-state index is 12.5. The smallest absolute Gasteiger partial charge is 0.351 e. The molecule has 1 saturated heterocycles. The Morgan fingerprint density at radius 1 is 1.52 bits per heavy atom. The molecule has 0 unspecified atom stereocenters. The van der Waals surface area contributed by atoms with E-state index >= 15 is 0 Å². The largest absolute Gasteiger partial charge is 0.435 e. The molecular formula is C11H14F3N3O3S. The number of alkyl halides is 3. The first-order valence-corrected chi connectivity index (χ1v) is 8.00. The van der Waals surface area contributed by atoms with Crippen molar-refractivity contribution in [1.82, 2.24) is 15.1 Å². The van der Waals surface area contributed by atoms with Crippen LogP contribution < -0.4 is 5.32 Å². The molecule has 1 aliphatic heterocycles. The van der Waals surface area contributed by atoms with E-state index in [1.807, 2.05) is 0 Å². The molecule has 0 aromatic carbocycles.